The quantitative estimate of drug-likeness (QED) is 0.651. The average Bonchev–Trinajstić information content (AvgIpc) is 2.88. The molecular formula is C13H13ClO4. The molecule has 1 N–H and O–H groups in total. The van der Waals surface area contributed by atoms with E-state index in [1.165, 1.54) is 0 Å². The number of ether oxygens (including phenoxy) is 2. The van der Waals surface area contributed by atoms with Gasteiger partial charge in [-0.2, -0.15) is 0 Å². The molecule has 18 heavy (non-hydrogen) atoms. The molecule has 0 amide bonds. The van der Waals surface area contributed by atoms with Gasteiger partial charge < -0.3 is 14.6 Å². The lowest BCUT2D eigenvalue weighted by Gasteiger charge is -2.21. The summed E-state index contributed by atoms with van der Waals surface area (Å²) in [5.41, 5.74) is 0.884. The molecular weight excluding hydrogens is 256 g/mol. The maximum absolute atomic E-state index is 11.1. The van der Waals surface area contributed by atoms with E-state index < -0.39 is 23.7 Å². The van der Waals surface area contributed by atoms with Crippen molar-refractivity contribution in [3.05, 3.63) is 35.9 Å². The van der Waals surface area contributed by atoms with Crippen molar-refractivity contribution in [2.45, 2.75) is 36.2 Å². The number of esters is 1. The summed E-state index contributed by atoms with van der Waals surface area (Å²) >= 11 is 6.33. The van der Waals surface area contributed by atoms with Crippen LogP contribution in [0, 0.1) is 0 Å². The number of hydrogen-bond acceptors (Lipinski definition) is 4. The van der Waals surface area contributed by atoms with Crippen LogP contribution in [0.15, 0.2) is 30.3 Å². The molecule has 2 fully saturated rings. The molecule has 2 aliphatic rings. The van der Waals surface area contributed by atoms with Crippen molar-refractivity contribution in [3.8, 4) is 0 Å². The molecule has 5 heteroatoms. The number of benzene rings is 1. The van der Waals surface area contributed by atoms with Gasteiger partial charge in [-0.15, -0.1) is 11.6 Å². The zero-order chi connectivity index (χ0) is 12.7. The van der Waals surface area contributed by atoms with Gasteiger partial charge in [-0.25, -0.2) is 0 Å². The Hall–Kier alpha value is -1.10. The predicted molar refractivity (Wildman–Crippen MR) is 64.2 cm³/mol. The number of aliphatic hydroxyl groups excluding tert-OH is 1. The van der Waals surface area contributed by atoms with Crippen molar-refractivity contribution in [1.29, 1.82) is 0 Å². The first-order chi connectivity index (χ1) is 8.66. The molecule has 1 aromatic carbocycles. The monoisotopic (exact) mass is 268 g/mol. The number of halogens is 1. The lowest BCUT2D eigenvalue weighted by Crippen LogP contribution is -2.34. The number of rotatable bonds is 2. The third-order valence-electron chi connectivity index (χ3n) is 3.41. The summed E-state index contributed by atoms with van der Waals surface area (Å²) in [6.07, 6.45) is -2.17. The van der Waals surface area contributed by atoms with Gasteiger partial charge in [0.2, 0.25) is 0 Å². The summed E-state index contributed by atoms with van der Waals surface area (Å²) in [5.74, 6) is -0.326. The van der Waals surface area contributed by atoms with Gasteiger partial charge in [-0.1, -0.05) is 30.3 Å². The average molecular weight is 269 g/mol. The standard InChI is InChI=1S/C13H13ClO4/c14-10(7-4-2-1-3-5-7)13-11(16)12-8(17-13)6-9(15)18-12/h1-5,8,10-13,16H,6H2/t8-,10+,11-,12+,13+/m1/s1. The van der Waals surface area contributed by atoms with E-state index >= 15 is 0 Å². The lowest BCUT2D eigenvalue weighted by molar-refractivity contribution is -0.145. The topological polar surface area (TPSA) is 55.8 Å². The Morgan fingerprint density at radius 2 is 2.06 bits per heavy atom. The number of aliphatic hydroxyl groups is 1. The first-order valence-corrected chi connectivity index (χ1v) is 6.32. The molecule has 4 nitrogen and oxygen atoms in total. The van der Waals surface area contributed by atoms with Crippen LogP contribution in [0.4, 0.5) is 0 Å². The van der Waals surface area contributed by atoms with Crippen molar-refractivity contribution in [2.24, 2.45) is 0 Å². The van der Waals surface area contributed by atoms with Crippen LogP contribution in [-0.2, 0) is 14.3 Å². The Morgan fingerprint density at radius 3 is 2.72 bits per heavy atom. The molecule has 3 rings (SSSR count). The molecule has 5 atom stereocenters. The second-order valence-corrected chi connectivity index (χ2v) is 5.07. The van der Waals surface area contributed by atoms with Crippen molar-refractivity contribution < 1.29 is 19.4 Å². The van der Waals surface area contributed by atoms with E-state index in [9.17, 15) is 9.90 Å². The van der Waals surface area contributed by atoms with Gasteiger partial charge in [0, 0.05) is 0 Å². The fourth-order valence-corrected chi connectivity index (χ4v) is 2.86. The van der Waals surface area contributed by atoms with Gasteiger partial charge >= 0.3 is 5.97 Å². The van der Waals surface area contributed by atoms with Crippen LogP contribution in [0.2, 0.25) is 0 Å². The SMILES string of the molecule is O=C1C[C@H]2O[C@@H]([C@@H](Cl)c3ccccc3)[C@H](O)[C@H]2O1. The maximum Gasteiger partial charge on any atom is 0.309 e. The molecule has 2 heterocycles. The zero-order valence-corrected chi connectivity index (χ0v) is 10.3. The molecule has 0 aromatic heterocycles. The number of fused-ring (bicyclic) bond motifs is 1. The fraction of sp³-hybridized carbons (Fsp3) is 0.462. The second-order valence-electron chi connectivity index (χ2n) is 4.60. The molecule has 0 radical (unpaired) electrons. The van der Waals surface area contributed by atoms with Crippen LogP contribution < -0.4 is 0 Å². The number of alkyl halides is 1. The molecule has 0 aliphatic carbocycles. The van der Waals surface area contributed by atoms with E-state index in [1.54, 1.807) is 0 Å². The number of carbonyl (C=O) groups is 1. The van der Waals surface area contributed by atoms with Gasteiger partial charge in [0.25, 0.3) is 0 Å². The summed E-state index contributed by atoms with van der Waals surface area (Å²) in [6.45, 7) is 0. The first-order valence-electron chi connectivity index (χ1n) is 5.89. The van der Waals surface area contributed by atoms with E-state index in [1.807, 2.05) is 30.3 Å². The van der Waals surface area contributed by atoms with E-state index in [0.717, 1.165) is 5.56 Å². The number of carbonyl (C=O) groups excluding carboxylic acids is 1. The minimum Gasteiger partial charge on any atom is -0.457 e. The second kappa shape index (κ2) is 4.53. The molecule has 2 aliphatic heterocycles. The van der Waals surface area contributed by atoms with Crippen LogP contribution >= 0.6 is 11.6 Å². The van der Waals surface area contributed by atoms with Gasteiger partial charge in [0.1, 0.15) is 18.3 Å². The molecule has 0 spiro atoms. The van der Waals surface area contributed by atoms with Crippen LogP contribution in [0.25, 0.3) is 0 Å². The molecule has 96 valence electrons. The highest BCUT2D eigenvalue weighted by molar-refractivity contribution is 6.21. The van der Waals surface area contributed by atoms with Gasteiger partial charge in [-0.05, 0) is 5.56 Å². The van der Waals surface area contributed by atoms with E-state index in [2.05, 4.69) is 0 Å². The van der Waals surface area contributed by atoms with E-state index in [4.69, 9.17) is 21.1 Å². The van der Waals surface area contributed by atoms with Crippen LogP contribution in [0.1, 0.15) is 17.4 Å². The highest BCUT2D eigenvalue weighted by Crippen LogP contribution is 2.39. The summed E-state index contributed by atoms with van der Waals surface area (Å²) in [7, 11) is 0. The van der Waals surface area contributed by atoms with Gasteiger partial charge in [0.05, 0.1) is 11.8 Å². The van der Waals surface area contributed by atoms with Crippen LogP contribution in [-0.4, -0.2) is 35.5 Å². The Bertz CT molecular complexity index is 450. The van der Waals surface area contributed by atoms with Crippen molar-refractivity contribution in [3.63, 3.8) is 0 Å². The van der Waals surface area contributed by atoms with E-state index in [-0.39, 0.29) is 18.5 Å². The summed E-state index contributed by atoms with van der Waals surface area (Å²) in [5, 5.41) is 9.67. The highest BCUT2D eigenvalue weighted by Gasteiger charge is 2.53. The molecule has 0 saturated carbocycles. The zero-order valence-electron chi connectivity index (χ0n) is 9.53. The van der Waals surface area contributed by atoms with E-state index in [0.29, 0.717) is 0 Å². The van der Waals surface area contributed by atoms with Gasteiger partial charge in [-0.3, -0.25) is 4.79 Å². The highest BCUT2D eigenvalue weighted by atomic mass is 35.5. The Labute approximate surface area is 109 Å². The smallest absolute Gasteiger partial charge is 0.309 e. The fourth-order valence-electron chi connectivity index (χ4n) is 2.51. The first kappa shape index (κ1) is 12.0. The largest absolute Gasteiger partial charge is 0.457 e. The maximum atomic E-state index is 11.1. The van der Waals surface area contributed by atoms with Crippen LogP contribution in [0.3, 0.4) is 0 Å². The summed E-state index contributed by atoms with van der Waals surface area (Å²) in [4.78, 5) is 11.1. The predicted octanol–water partition coefficient (Wildman–Crippen LogP) is 1.41. The molecule has 0 bridgehead atoms. The minimum atomic E-state index is -0.871. The van der Waals surface area contributed by atoms with Gasteiger partial charge in [0.15, 0.2) is 6.10 Å². The van der Waals surface area contributed by atoms with Crippen molar-refractivity contribution in [2.75, 3.05) is 0 Å². The molecule has 1 aromatic rings. The third-order valence-corrected chi connectivity index (χ3v) is 3.91. The summed E-state index contributed by atoms with van der Waals surface area (Å²) < 4.78 is 10.7. The van der Waals surface area contributed by atoms with Crippen LogP contribution in [0.5, 0.6) is 0 Å². The van der Waals surface area contributed by atoms with Crippen molar-refractivity contribution >= 4 is 17.6 Å². The lowest BCUT2D eigenvalue weighted by atomic mass is 10.0. The Morgan fingerprint density at radius 1 is 1.33 bits per heavy atom. The Kier molecular flexibility index (Phi) is 3.01. The third kappa shape index (κ3) is 1.90. The number of hydrogen-bond donors (Lipinski definition) is 1. The minimum absolute atomic E-state index is 0.191. The molecule has 0 unspecified atom stereocenters. The molecule has 2 saturated heterocycles. The van der Waals surface area contributed by atoms with Crippen molar-refractivity contribution in [1.82, 2.24) is 0 Å². The Balaban J connectivity index is 1.77. The normalized spacial score (nSPS) is 36.2. The summed E-state index contributed by atoms with van der Waals surface area (Å²) in [6, 6.07) is 9.43.